The van der Waals surface area contributed by atoms with Gasteiger partial charge in [0.1, 0.15) is 0 Å². The van der Waals surface area contributed by atoms with Gasteiger partial charge >= 0.3 is 12.0 Å². The van der Waals surface area contributed by atoms with Crippen molar-refractivity contribution in [1.29, 1.82) is 0 Å². The van der Waals surface area contributed by atoms with Crippen molar-refractivity contribution in [3.8, 4) is 0 Å². The third-order valence-corrected chi connectivity index (χ3v) is 4.52. The molecule has 1 aromatic carbocycles. The third-order valence-electron chi connectivity index (χ3n) is 4.52. The summed E-state index contributed by atoms with van der Waals surface area (Å²) >= 11 is 0. The van der Waals surface area contributed by atoms with E-state index in [-0.39, 0.29) is 31.2 Å². The van der Waals surface area contributed by atoms with Gasteiger partial charge < -0.3 is 20.8 Å². The van der Waals surface area contributed by atoms with Crippen LogP contribution in [0.5, 0.6) is 0 Å². The van der Waals surface area contributed by atoms with Crippen LogP contribution in [-0.4, -0.2) is 64.9 Å². The summed E-state index contributed by atoms with van der Waals surface area (Å²) in [5.74, 6) is -0.830. The molecule has 1 aliphatic carbocycles. The summed E-state index contributed by atoms with van der Waals surface area (Å²) in [7, 11) is 0. The molecule has 1 saturated carbocycles. The molecule has 7 heteroatoms. The quantitative estimate of drug-likeness (QED) is 0.529. The highest BCUT2D eigenvalue weighted by atomic mass is 16.4. The van der Waals surface area contributed by atoms with Gasteiger partial charge in [0.05, 0.1) is 12.6 Å². The van der Waals surface area contributed by atoms with Crippen LogP contribution in [0.15, 0.2) is 30.3 Å². The summed E-state index contributed by atoms with van der Waals surface area (Å²) in [6.07, 6.45) is 1.36. The first-order valence-electron chi connectivity index (χ1n) is 8.70. The van der Waals surface area contributed by atoms with Gasteiger partial charge in [-0.05, 0) is 24.9 Å². The Kier molecular flexibility index (Phi) is 7.21. The lowest BCUT2D eigenvalue weighted by Gasteiger charge is -2.42. The second kappa shape index (κ2) is 9.39. The molecule has 0 aliphatic heterocycles. The molecule has 2 rings (SSSR count). The molecule has 1 aromatic rings. The summed E-state index contributed by atoms with van der Waals surface area (Å²) in [4.78, 5) is 24.6. The molecular weight excluding hydrogens is 322 g/mol. The summed E-state index contributed by atoms with van der Waals surface area (Å²) in [6, 6.07) is 9.59. The lowest BCUT2D eigenvalue weighted by Crippen LogP contribution is -2.56. The van der Waals surface area contributed by atoms with Crippen LogP contribution >= 0.6 is 0 Å². The van der Waals surface area contributed by atoms with E-state index in [0.29, 0.717) is 13.0 Å². The van der Waals surface area contributed by atoms with Crippen molar-refractivity contribution < 1.29 is 19.8 Å². The summed E-state index contributed by atoms with van der Waals surface area (Å²) < 4.78 is 0. The van der Waals surface area contributed by atoms with Crippen LogP contribution in [0.1, 0.15) is 25.3 Å². The molecule has 0 spiro atoms. The highest BCUT2D eigenvalue weighted by Gasteiger charge is 2.34. The Bertz CT molecular complexity index is 561. The summed E-state index contributed by atoms with van der Waals surface area (Å²) in [5, 5.41) is 24.4. The van der Waals surface area contributed by atoms with Gasteiger partial charge in [0.15, 0.2) is 0 Å². The van der Waals surface area contributed by atoms with Crippen molar-refractivity contribution in [2.24, 2.45) is 0 Å². The van der Waals surface area contributed by atoms with Gasteiger partial charge in [-0.15, -0.1) is 0 Å². The number of carboxylic acid groups (broad SMARTS) is 1. The van der Waals surface area contributed by atoms with Gasteiger partial charge in [0.25, 0.3) is 0 Å². The number of benzene rings is 1. The van der Waals surface area contributed by atoms with E-state index in [1.54, 1.807) is 0 Å². The second-order valence-corrected chi connectivity index (χ2v) is 6.48. The minimum absolute atomic E-state index is 0.0335. The molecule has 0 aromatic heterocycles. The SMILES string of the molecule is CCN(CC(=O)O)C1CC(NC(=O)NC[C@H](O)Cc2ccccc2)C1. The maximum absolute atomic E-state index is 11.9. The lowest BCUT2D eigenvalue weighted by atomic mass is 9.85. The second-order valence-electron chi connectivity index (χ2n) is 6.48. The van der Waals surface area contributed by atoms with Crippen LogP contribution in [0.25, 0.3) is 0 Å². The van der Waals surface area contributed by atoms with E-state index in [2.05, 4.69) is 10.6 Å². The normalized spacial score (nSPS) is 20.6. The first kappa shape index (κ1) is 19.2. The van der Waals surface area contributed by atoms with E-state index in [4.69, 9.17) is 5.11 Å². The molecule has 0 radical (unpaired) electrons. The number of carbonyl (C=O) groups is 2. The molecule has 1 atom stereocenters. The Labute approximate surface area is 148 Å². The predicted molar refractivity (Wildman–Crippen MR) is 94.4 cm³/mol. The highest BCUT2D eigenvalue weighted by Crippen LogP contribution is 2.25. The summed E-state index contributed by atoms with van der Waals surface area (Å²) in [5.41, 5.74) is 1.03. The molecule has 7 nitrogen and oxygen atoms in total. The molecule has 0 unspecified atom stereocenters. The van der Waals surface area contributed by atoms with Crippen LogP contribution in [0.3, 0.4) is 0 Å². The largest absolute Gasteiger partial charge is 0.480 e. The fourth-order valence-corrected chi connectivity index (χ4v) is 3.08. The van der Waals surface area contributed by atoms with Gasteiger partial charge in [0, 0.05) is 25.0 Å². The third kappa shape index (κ3) is 6.36. The molecule has 25 heavy (non-hydrogen) atoms. The van der Waals surface area contributed by atoms with Crippen molar-refractivity contribution in [3.05, 3.63) is 35.9 Å². The van der Waals surface area contributed by atoms with Gasteiger partial charge in [0.2, 0.25) is 0 Å². The van der Waals surface area contributed by atoms with Crippen molar-refractivity contribution in [2.75, 3.05) is 19.6 Å². The molecule has 0 heterocycles. The van der Waals surface area contributed by atoms with Crippen LogP contribution in [0.4, 0.5) is 4.79 Å². The standard InChI is InChI=1S/C18H27N3O4/c1-2-21(12-17(23)24)15-9-14(10-15)20-18(25)19-11-16(22)8-13-6-4-3-5-7-13/h3-7,14-16,22H,2,8-12H2,1H3,(H,23,24)(H2,19,20,25)/t14?,15?,16-/m1/s1. The predicted octanol–water partition coefficient (Wildman–Crippen LogP) is 0.827. The average molecular weight is 349 g/mol. The van der Waals surface area contributed by atoms with Crippen molar-refractivity contribution in [1.82, 2.24) is 15.5 Å². The fraction of sp³-hybridized carbons (Fsp3) is 0.556. The molecular formula is C18H27N3O4. The van der Waals surface area contributed by atoms with E-state index >= 15 is 0 Å². The number of likely N-dealkylation sites (N-methyl/N-ethyl adjacent to an activating group) is 1. The summed E-state index contributed by atoms with van der Waals surface area (Å²) in [6.45, 7) is 2.84. The number of nitrogens with zero attached hydrogens (tertiary/aromatic N) is 1. The number of rotatable bonds is 9. The number of hydrogen-bond donors (Lipinski definition) is 4. The number of urea groups is 1. The lowest BCUT2D eigenvalue weighted by molar-refractivity contribution is -0.139. The maximum Gasteiger partial charge on any atom is 0.317 e. The zero-order valence-electron chi connectivity index (χ0n) is 14.5. The maximum atomic E-state index is 11.9. The molecule has 1 aliphatic rings. The monoisotopic (exact) mass is 349 g/mol. The van der Waals surface area contributed by atoms with Crippen LogP contribution < -0.4 is 10.6 Å². The van der Waals surface area contributed by atoms with Crippen molar-refractivity contribution in [3.63, 3.8) is 0 Å². The Hall–Kier alpha value is -2.12. The Morgan fingerprint density at radius 3 is 2.56 bits per heavy atom. The molecule has 0 bridgehead atoms. The van der Waals surface area contributed by atoms with Crippen LogP contribution in [0, 0.1) is 0 Å². The molecule has 138 valence electrons. The number of nitrogens with one attached hydrogen (secondary N) is 2. The molecule has 2 amide bonds. The first-order chi connectivity index (χ1) is 12.0. The number of aliphatic carboxylic acids is 1. The minimum atomic E-state index is -0.830. The fourth-order valence-electron chi connectivity index (χ4n) is 3.08. The number of carboxylic acids is 1. The van der Waals surface area contributed by atoms with Crippen LogP contribution in [-0.2, 0) is 11.2 Å². The number of amides is 2. The van der Waals surface area contributed by atoms with E-state index < -0.39 is 12.1 Å². The van der Waals surface area contributed by atoms with Crippen molar-refractivity contribution in [2.45, 2.75) is 44.4 Å². The van der Waals surface area contributed by atoms with E-state index in [9.17, 15) is 14.7 Å². The molecule has 1 fully saturated rings. The Morgan fingerprint density at radius 2 is 1.96 bits per heavy atom. The minimum Gasteiger partial charge on any atom is -0.480 e. The van der Waals surface area contributed by atoms with Gasteiger partial charge in [-0.25, -0.2) is 4.79 Å². The molecule has 0 saturated heterocycles. The van der Waals surface area contributed by atoms with Crippen molar-refractivity contribution >= 4 is 12.0 Å². The number of hydrogen-bond acceptors (Lipinski definition) is 4. The van der Waals surface area contributed by atoms with Crippen LogP contribution in [0.2, 0.25) is 0 Å². The number of carbonyl (C=O) groups excluding carboxylic acids is 1. The van der Waals surface area contributed by atoms with Gasteiger partial charge in [-0.1, -0.05) is 37.3 Å². The Balaban J connectivity index is 1.62. The number of aliphatic hydroxyl groups excluding tert-OH is 1. The molecule has 4 N–H and O–H groups in total. The number of aliphatic hydroxyl groups is 1. The van der Waals surface area contributed by atoms with E-state index in [0.717, 1.165) is 18.4 Å². The van der Waals surface area contributed by atoms with E-state index in [1.807, 2.05) is 42.2 Å². The zero-order valence-corrected chi connectivity index (χ0v) is 14.5. The van der Waals surface area contributed by atoms with Gasteiger partial charge in [-0.2, -0.15) is 0 Å². The Morgan fingerprint density at radius 1 is 1.28 bits per heavy atom. The highest BCUT2D eigenvalue weighted by molar-refractivity contribution is 5.74. The smallest absolute Gasteiger partial charge is 0.317 e. The topological polar surface area (TPSA) is 102 Å². The van der Waals surface area contributed by atoms with Gasteiger partial charge in [-0.3, -0.25) is 9.69 Å². The van der Waals surface area contributed by atoms with E-state index in [1.165, 1.54) is 0 Å². The zero-order chi connectivity index (χ0) is 18.2. The first-order valence-corrected chi connectivity index (χ1v) is 8.70. The average Bonchev–Trinajstić information content (AvgIpc) is 2.55.